The van der Waals surface area contributed by atoms with E-state index < -0.39 is 0 Å². The van der Waals surface area contributed by atoms with E-state index in [1.165, 1.54) is 6.07 Å². The highest BCUT2D eigenvalue weighted by Gasteiger charge is 2.08. The fraction of sp³-hybridized carbons (Fsp3) is 0.133. The molecule has 0 heterocycles. The molecule has 5 heteroatoms. The fourth-order valence-electron chi connectivity index (χ4n) is 1.75. The van der Waals surface area contributed by atoms with Gasteiger partial charge in [-0.25, -0.2) is 4.39 Å². The van der Waals surface area contributed by atoms with Gasteiger partial charge in [-0.1, -0.05) is 30.4 Å². The molecule has 0 aliphatic heterocycles. The lowest BCUT2D eigenvalue weighted by Gasteiger charge is -2.11. The van der Waals surface area contributed by atoms with Gasteiger partial charge < -0.3 is 15.2 Å². The molecule has 0 aliphatic rings. The van der Waals surface area contributed by atoms with Crippen LogP contribution in [0, 0.1) is 5.82 Å². The lowest BCUT2D eigenvalue weighted by atomic mass is 10.1. The van der Waals surface area contributed by atoms with Crippen LogP contribution in [0.25, 0.3) is 0 Å². The molecular weight excluding hydrogens is 277 g/mol. The normalized spacial score (nSPS) is 10.1. The van der Waals surface area contributed by atoms with Crippen LogP contribution in [0.5, 0.6) is 11.5 Å². The van der Waals surface area contributed by atoms with Gasteiger partial charge >= 0.3 is 0 Å². The Labute approximate surface area is 122 Å². The van der Waals surface area contributed by atoms with Gasteiger partial charge in [0.1, 0.15) is 17.3 Å². The average molecular weight is 291 g/mol. The van der Waals surface area contributed by atoms with Gasteiger partial charge in [-0.15, -0.1) is 0 Å². The van der Waals surface area contributed by atoms with E-state index in [-0.39, 0.29) is 23.2 Å². The first-order valence-corrected chi connectivity index (χ1v) is 6.36. The van der Waals surface area contributed by atoms with Crippen LogP contribution in [0.1, 0.15) is 11.1 Å². The molecule has 0 fully saturated rings. The molecule has 2 rings (SSSR count). The van der Waals surface area contributed by atoms with E-state index in [0.29, 0.717) is 11.3 Å². The second kappa shape index (κ2) is 6.34. The van der Waals surface area contributed by atoms with E-state index in [2.05, 4.69) is 0 Å². The van der Waals surface area contributed by atoms with Crippen molar-refractivity contribution in [3.8, 4) is 11.5 Å². The van der Waals surface area contributed by atoms with E-state index in [1.807, 2.05) is 6.07 Å². The van der Waals surface area contributed by atoms with Gasteiger partial charge in [-0.2, -0.15) is 0 Å². The molecule has 0 bridgehead atoms. The Morgan fingerprint density at radius 1 is 1.20 bits per heavy atom. The number of rotatable bonds is 5. The van der Waals surface area contributed by atoms with E-state index in [0.717, 1.165) is 5.56 Å². The molecule has 2 N–H and O–H groups in total. The first-order chi connectivity index (χ1) is 9.61. The van der Waals surface area contributed by atoms with Crippen molar-refractivity contribution in [2.75, 3.05) is 7.11 Å². The lowest BCUT2D eigenvalue weighted by molar-refractivity contribution is 0.289. The minimum atomic E-state index is -0.390. The summed E-state index contributed by atoms with van der Waals surface area (Å²) in [6.07, 6.45) is 0. The van der Waals surface area contributed by atoms with E-state index in [4.69, 9.17) is 27.4 Å². The van der Waals surface area contributed by atoms with Crippen LogP contribution in [0.3, 0.4) is 0 Å². The summed E-state index contributed by atoms with van der Waals surface area (Å²) in [5, 5.41) is 0. The topological polar surface area (TPSA) is 44.5 Å². The van der Waals surface area contributed by atoms with Gasteiger partial charge in [0.05, 0.1) is 12.7 Å². The molecule has 0 amide bonds. The summed E-state index contributed by atoms with van der Waals surface area (Å²) < 4.78 is 24.1. The van der Waals surface area contributed by atoms with E-state index in [1.54, 1.807) is 37.4 Å². The maximum atomic E-state index is 13.4. The number of methoxy groups -OCH3 is 1. The van der Waals surface area contributed by atoms with E-state index >= 15 is 0 Å². The zero-order valence-corrected chi connectivity index (χ0v) is 11.7. The molecule has 3 nitrogen and oxygen atoms in total. The Hall–Kier alpha value is -2.14. The summed E-state index contributed by atoms with van der Waals surface area (Å²) in [6, 6.07) is 11.6. The minimum absolute atomic E-state index is 0.213. The maximum absolute atomic E-state index is 13.4. The third kappa shape index (κ3) is 3.24. The number of benzene rings is 2. The minimum Gasteiger partial charge on any atom is -0.496 e. The fourth-order valence-corrected chi connectivity index (χ4v) is 1.92. The Bertz CT molecular complexity index is 631. The second-order valence-electron chi connectivity index (χ2n) is 4.12. The number of para-hydroxylation sites is 1. The number of halogens is 1. The predicted octanol–water partition coefficient (Wildman–Crippen LogP) is 3.05. The standard InChI is InChI=1S/C15H14FNO2S/c1-18-14-8-10(6-7-11(14)15(17)20)9-19-13-5-3-2-4-12(13)16/h2-8H,9H2,1H3,(H2,17,20). The molecule has 0 saturated heterocycles. The van der Waals surface area contributed by atoms with Gasteiger partial charge in [-0.3, -0.25) is 0 Å². The highest BCUT2D eigenvalue weighted by molar-refractivity contribution is 7.80. The maximum Gasteiger partial charge on any atom is 0.165 e. The summed E-state index contributed by atoms with van der Waals surface area (Å²) in [7, 11) is 1.54. The smallest absolute Gasteiger partial charge is 0.165 e. The predicted molar refractivity (Wildman–Crippen MR) is 79.6 cm³/mol. The number of nitrogens with two attached hydrogens (primary N) is 1. The Kier molecular flexibility index (Phi) is 4.53. The Morgan fingerprint density at radius 2 is 1.95 bits per heavy atom. The van der Waals surface area contributed by atoms with Gasteiger partial charge in [-0.05, 0) is 29.8 Å². The molecule has 2 aromatic rings. The van der Waals surface area contributed by atoms with Crippen LogP contribution in [0.15, 0.2) is 42.5 Å². The summed E-state index contributed by atoms with van der Waals surface area (Å²) in [6.45, 7) is 0.231. The molecule has 0 aromatic heterocycles. The van der Waals surface area contributed by atoms with Gasteiger partial charge in [0.2, 0.25) is 0 Å². The van der Waals surface area contributed by atoms with Crippen LogP contribution in [-0.2, 0) is 6.61 Å². The molecule has 0 aliphatic carbocycles. The van der Waals surface area contributed by atoms with Crippen molar-refractivity contribution in [3.63, 3.8) is 0 Å². The van der Waals surface area contributed by atoms with Crippen LogP contribution in [-0.4, -0.2) is 12.1 Å². The average Bonchev–Trinajstić information content (AvgIpc) is 2.46. The number of hydrogen-bond donors (Lipinski definition) is 1. The SMILES string of the molecule is COc1cc(COc2ccccc2F)ccc1C(N)=S. The monoisotopic (exact) mass is 291 g/mol. The number of thiocarbonyl (C=S) groups is 1. The highest BCUT2D eigenvalue weighted by Crippen LogP contribution is 2.22. The quantitative estimate of drug-likeness (QED) is 0.860. The Balaban J connectivity index is 2.15. The molecule has 104 valence electrons. The number of hydrogen-bond acceptors (Lipinski definition) is 3. The summed E-state index contributed by atoms with van der Waals surface area (Å²) in [5.41, 5.74) is 7.10. The van der Waals surface area contributed by atoms with Crippen molar-refractivity contribution in [2.24, 2.45) is 5.73 Å². The zero-order valence-electron chi connectivity index (χ0n) is 10.9. The lowest BCUT2D eigenvalue weighted by Crippen LogP contribution is -2.11. The largest absolute Gasteiger partial charge is 0.496 e. The van der Waals surface area contributed by atoms with Crippen molar-refractivity contribution < 1.29 is 13.9 Å². The Morgan fingerprint density at radius 3 is 2.60 bits per heavy atom. The first kappa shape index (κ1) is 14.3. The van der Waals surface area contributed by atoms with Crippen LogP contribution < -0.4 is 15.2 Å². The molecule has 0 spiro atoms. The summed E-state index contributed by atoms with van der Waals surface area (Å²) in [4.78, 5) is 0.267. The molecule has 2 aromatic carbocycles. The van der Waals surface area contributed by atoms with Crippen molar-refractivity contribution in [1.82, 2.24) is 0 Å². The van der Waals surface area contributed by atoms with Crippen LogP contribution in [0.4, 0.5) is 4.39 Å². The highest BCUT2D eigenvalue weighted by atomic mass is 32.1. The van der Waals surface area contributed by atoms with Crippen molar-refractivity contribution in [2.45, 2.75) is 6.61 Å². The van der Waals surface area contributed by atoms with Crippen molar-refractivity contribution >= 4 is 17.2 Å². The number of ether oxygens (including phenoxy) is 2. The van der Waals surface area contributed by atoms with Crippen molar-refractivity contribution in [3.05, 3.63) is 59.4 Å². The molecule has 0 atom stereocenters. The zero-order chi connectivity index (χ0) is 14.5. The summed E-state index contributed by atoms with van der Waals surface area (Å²) in [5.74, 6) is 0.399. The third-order valence-corrected chi connectivity index (χ3v) is 2.98. The van der Waals surface area contributed by atoms with Crippen molar-refractivity contribution in [1.29, 1.82) is 0 Å². The van der Waals surface area contributed by atoms with Gasteiger partial charge in [0, 0.05) is 0 Å². The van der Waals surface area contributed by atoms with Crippen LogP contribution in [0.2, 0.25) is 0 Å². The molecule has 0 unspecified atom stereocenters. The third-order valence-electron chi connectivity index (χ3n) is 2.76. The van der Waals surface area contributed by atoms with Gasteiger partial charge in [0.25, 0.3) is 0 Å². The second-order valence-corrected chi connectivity index (χ2v) is 4.56. The summed E-state index contributed by atoms with van der Waals surface area (Å²) >= 11 is 4.93. The van der Waals surface area contributed by atoms with Gasteiger partial charge in [0.15, 0.2) is 11.6 Å². The van der Waals surface area contributed by atoms with Crippen LogP contribution >= 0.6 is 12.2 Å². The molecule has 0 saturated carbocycles. The van der Waals surface area contributed by atoms with E-state index in [9.17, 15) is 4.39 Å². The molecule has 20 heavy (non-hydrogen) atoms. The molecule has 0 radical (unpaired) electrons. The molecular formula is C15H14FNO2S. The first-order valence-electron chi connectivity index (χ1n) is 5.96.